The molecule has 3 aromatic heterocycles. The van der Waals surface area contributed by atoms with E-state index in [1.54, 1.807) is 30.1 Å². The molecule has 3 heterocycles. The highest BCUT2D eigenvalue weighted by molar-refractivity contribution is 7.21. The fourth-order valence-corrected chi connectivity index (χ4v) is 5.84. The molecule has 4 amide bonds. The van der Waals surface area contributed by atoms with Gasteiger partial charge >= 0.3 is 18.2 Å². The first-order valence-corrected chi connectivity index (χ1v) is 14.8. The fraction of sp³-hybridized carbons (Fsp3) is 0.0938. The van der Waals surface area contributed by atoms with E-state index < -0.39 is 35.3 Å². The maximum atomic E-state index is 14.6. The third-order valence-corrected chi connectivity index (χ3v) is 8.00. The molecule has 0 bridgehead atoms. The van der Waals surface area contributed by atoms with Crippen LogP contribution in [0.15, 0.2) is 91.5 Å². The number of hydrogen-bond donors (Lipinski definition) is 4. The Morgan fingerprint density at radius 1 is 0.958 bits per heavy atom. The highest BCUT2D eigenvalue weighted by Crippen LogP contribution is 2.40. The Morgan fingerprint density at radius 3 is 2.38 bits per heavy atom. The van der Waals surface area contributed by atoms with Crippen molar-refractivity contribution < 1.29 is 27.2 Å². The van der Waals surface area contributed by atoms with Crippen LogP contribution >= 0.6 is 11.3 Å². The summed E-state index contributed by atoms with van der Waals surface area (Å²) >= 11 is 1.38. The van der Waals surface area contributed by atoms with Gasteiger partial charge in [0.05, 0.1) is 44.9 Å². The summed E-state index contributed by atoms with van der Waals surface area (Å²) in [5.41, 5.74) is 17.5. The molecule has 3 aromatic carbocycles. The molecule has 0 aliphatic carbocycles. The van der Waals surface area contributed by atoms with E-state index in [0.29, 0.717) is 62.6 Å². The summed E-state index contributed by atoms with van der Waals surface area (Å²) in [4.78, 5) is 37.5. The smallest absolute Gasteiger partial charge is 0.383 e. The van der Waals surface area contributed by atoms with Crippen molar-refractivity contribution in [3.8, 4) is 21.8 Å². The van der Waals surface area contributed by atoms with Gasteiger partial charge in [0.15, 0.2) is 0 Å². The van der Waals surface area contributed by atoms with Crippen molar-refractivity contribution >= 4 is 50.8 Å². The van der Waals surface area contributed by atoms with E-state index in [0.717, 1.165) is 10.4 Å². The minimum atomic E-state index is -4.74. The number of nitrogens with zero attached hydrogens (tertiary/aromatic N) is 5. The van der Waals surface area contributed by atoms with Gasteiger partial charge in [0.1, 0.15) is 22.8 Å². The van der Waals surface area contributed by atoms with Crippen LogP contribution in [0.25, 0.3) is 32.0 Å². The number of alkyl halides is 3. The van der Waals surface area contributed by atoms with Crippen molar-refractivity contribution in [2.75, 3.05) is 10.6 Å². The first-order valence-electron chi connectivity index (χ1n) is 14.0. The Bertz CT molecular complexity index is 2100. The first kappa shape index (κ1) is 33.3. The fourth-order valence-electron chi connectivity index (χ4n) is 4.75. The predicted molar refractivity (Wildman–Crippen MR) is 175 cm³/mol. The van der Waals surface area contributed by atoms with Crippen LogP contribution < -0.4 is 27.4 Å². The molecule has 0 aliphatic rings. The molecular formula is C32H27F4N9O2S. The molecule has 0 spiro atoms. The molecule has 0 atom stereocenters. The molecule has 0 unspecified atom stereocenters. The number of imidazole rings is 1. The number of nitrogens with one attached hydrogen (secondary N) is 1. The van der Waals surface area contributed by atoms with Gasteiger partial charge in [-0.1, -0.05) is 42.5 Å². The van der Waals surface area contributed by atoms with Crippen molar-refractivity contribution in [3.05, 3.63) is 108 Å². The molecule has 246 valence electrons. The standard InChI is InChI=1S/C24H17F4N7OS.C8H10N2O/c1-34-11-33-19(20(34)18-9-15-21(29)31-10-32-22(15)37-18)12-3-2-4-14(7-12)35(23(30)36)17-8-13(24(26,27)28)5-6-16(17)25;9-8(11)10-6-7-4-2-1-3-5-7/h2-11H,1H3,(H2,30,36)(H2,29,31,32);1-5H,6H2,(H3,9,10,11). The van der Waals surface area contributed by atoms with Crippen molar-refractivity contribution in [1.29, 1.82) is 0 Å². The van der Waals surface area contributed by atoms with Gasteiger partial charge < -0.3 is 27.1 Å². The molecule has 0 fully saturated rings. The zero-order chi connectivity index (χ0) is 34.6. The molecule has 6 aromatic rings. The number of benzene rings is 3. The number of primary amides is 2. The second kappa shape index (κ2) is 13.8. The summed E-state index contributed by atoms with van der Waals surface area (Å²) in [5, 5.41) is 3.18. The number of carbonyl (C=O) groups is 2. The van der Waals surface area contributed by atoms with Gasteiger partial charge in [-0.2, -0.15) is 13.2 Å². The van der Waals surface area contributed by atoms with E-state index in [-0.39, 0.29) is 5.69 Å². The number of urea groups is 2. The van der Waals surface area contributed by atoms with Crippen LogP contribution in [0.3, 0.4) is 0 Å². The number of aryl methyl sites for hydroxylation is 1. The molecule has 0 radical (unpaired) electrons. The number of hydrogen-bond acceptors (Lipinski definition) is 7. The number of carbonyl (C=O) groups excluding carboxylic acids is 2. The molecule has 16 heteroatoms. The van der Waals surface area contributed by atoms with Crippen LogP contribution in [0.1, 0.15) is 11.1 Å². The first-order chi connectivity index (χ1) is 22.8. The molecule has 6 rings (SSSR count). The SMILES string of the molecule is Cn1cnc(-c2cccc(N(C(N)=O)c3cc(C(F)(F)F)ccc3F)c2)c1-c1cc2c(N)ncnc2s1.NC(=O)NCc1ccccc1. The lowest BCUT2D eigenvalue weighted by Gasteiger charge is -2.23. The Balaban J connectivity index is 0.000000349. The van der Waals surface area contributed by atoms with E-state index in [2.05, 4.69) is 20.3 Å². The summed E-state index contributed by atoms with van der Waals surface area (Å²) in [7, 11) is 1.79. The molecule has 0 aliphatic heterocycles. The van der Waals surface area contributed by atoms with E-state index in [9.17, 15) is 27.2 Å². The van der Waals surface area contributed by atoms with Crippen LogP contribution in [-0.4, -0.2) is 31.6 Å². The molecule has 48 heavy (non-hydrogen) atoms. The van der Waals surface area contributed by atoms with E-state index in [1.165, 1.54) is 29.8 Å². The van der Waals surface area contributed by atoms with E-state index in [4.69, 9.17) is 17.2 Å². The van der Waals surface area contributed by atoms with Gasteiger partial charge in [0, 0.05) is 19.2 Å². The Labute approximate surface area is 274 Å². The topological polar surface area (TPSA) is 171 Å². The predicted octanol–water partition coefficient (Wildman–Crippen LogP) is 6.57. The third kappa shape index (κ3) is 7.33. The number of amides is 4. The van der Waals surface area contributed by atoms with E-state index in [1.807, 2.05) is 36.4 Å². The molecule has 11 nitrogen and oxygen atoms in total. The average Bonchev–Trinajstić information content (AvgIpc) is 3.65. The van der Waals surface area contributed by atoms with Gasteiger partial charge in [-0.25, -0.2) is 28.9 Å². The van der Waals surface area contributed by atoms with Crippen molar-refractivity contribution in [2.45, 2.75) is 12.7 Å². The van der Waals surface area contributed by atoms with Gasteiger partial charge in [0.25, 0.3) is 0 Å². The van der Waals surface area contributed by atoms with Gasteiger partial charge in [-0.05, 0) is 42.0 Å². The number of aromatic nitrogens is 4. The number of rotatable bonds is 6. The zero-order valence-corrected chi connectivity index (χ0v) is 25.9. The molecule has 0 saturated heterocycles. The maximum absolute atomic E-state index is 14.6. The largest absolute Gasteiger partial charge is 0.416 e. The van der Waals surface area contributed by atoms with Gasteiger partial charge in [-0.3, -0.25) is 4.90 Å². The number of fused-ring (bicyclic) bond motifs is 1. The quantitative estimate of drug-likeness (QED) is 0.145. The van der Waals surface area contributed by atoms with Crippen LogP contribution in [0.4, 0.5) is 44.3 Å². The molecule has 7 N–H and O–H groups in total. The number of halogens is 4. The normalized spacial score (nSPS) is 11.1. The van der Waals surface area contributed by atoms with Crippen LogP contribution in [0.5, 0.6) is 0 Å². The average molecular weight is 678 g/mol. The second-order valence-corrected chi connectivity index (χ2v) is 11.3. The summed E-state index contributed by atoms with van der Waals surface area (Å²) < 4.78 is 56.3. The highest BCUT2D eigenvalue weighted by atomic mass is 32.1. The minimum Gasteiger partial charge on any atom is -0.383 e. The maximum Gasteiger partial charge on any atom is 0.416 e. The zero-order valence-electron chi connectivity index (χ0n) is 25.1. The summed E-state index contributed by atoms with van der Waals surface area (Å²) in [5.74, 6) is -0.710. The van der Waals surface area contributed by atoms with Gasteiger partial charge in [-0.15, -0.1) is 11.3 Å². The molecular weight excluding hydrogens is 650 g/mol. The van der Waals surface area contributed by atoms with Crippen LogP contribution in [0.2, 0.25) is 0 Å². The highest BCUT2D eigenvalue weighted by Gasteiger charge is 2.33. The number of thiophene rings is 1. The summed E-state index contributed by atoms with van der Waals surface area (Å²) in [6.45, 7) is 0.496. The number of nitrogens with two attached hydrogens (primary N) is 3. The Hall–Kier alpha value is -6.03. The summed E-state index contributed by atoms with van der Waals surface area (Å²) in [6.07, 6.45) is -1.78. The monoisotopic (exact) mass is 677 g/mol. The Kier molecular flexibility index (Phi) is 9.56. The lowest BCUT2D eigenvalue weighted by Crippen LogP contribution is -2.32. The van der Waals surface area contributed by atoms with E-state index >= 15 is 0 Å². The Morgan fingerprint density at radius 2 is 1.71 bits per heavy atom. The third-order valence-electron chi connectivity index (χ3n) is 6.95. The molecule has 0 saturated carbocycles. The van der Waals surface area contributed by atoms with Crippen molar-refractivity contribution in [1.82, 2.24) is 24.8 Å². The lowest BCUT2D eigenvalue weighted by atomic mass is 10.1. The number of nitrogen functional groups attached to an aromatic ring is 1. The lowest BCUT2D eigenvalue weighted by molar-refractivity contribution is -0.137. The summed E-state index contributed by atoms with van der Waals surface area (Å²) in [6, 6.07) is 17.8. The van der Waals surface area contributed by atoms with Crippen LogP contribution in [-0.2, 0) is 19.8 Å². The van der Waals surface area contributed by atoms with Gasteiger partial charge in [0.2, 0.25) is 0 Å². The second-order valence-electron chi connectivity index (χ2n) is 10.2. The van der Waals surface area contributed by atoms with Crippen molar-refractivity contribution in [3.63, 3.8) is 0 Å². The van der Waals surface area contributed by atoms with Crippen LogP contribution in [0, 0.1) is 5.82 Å². The van der Waals surface area contributed by atoms with Crippen molar-refractivity contribution in [2.24, 2.45) is 18.5 Å². The minimum absolute atomic E-state index is 0.0614. The number of anilines is 3.